The predicted molar refractivity (Wildman–Crippen MR) is 136 cm³/mol. The average Bonchev–Trinajstić information content (AvgIpc) is 3.20. The molecule has 5 aliphatic rings. The summed E-state index contributed by atoms with van der Waals surface area (Å²) in [4.78, 5) is 12.6. The predicted octanol–water partition coefficient (Wildman–Crippen LogP) is 6.65. The molecule has 190 valence electrons. The van der Waals surface area contributed by atoms with Crippen LogP contribution in [0, 0.1) is 56.7 Å². The van der Waals surface area contributed by atoms with Gasteiger partial charge in [0.25, 0.3) is 0 Å². The number of aliphatic hydroxyl groups excluding tert-OH is 1. The van der Waals surface area contributed by atoms with Crippen LogP contribution in [0.3, 0.4) is 0 Å². The monoisotopic (exact) mass is 469 g/mol. The van der Waals surface area contributed by atoms with Crippen LogP contribution in [-0.4, -0.2) is 28.9 Å². The highest BCUT2D eigenvalue weighted by Crippen LogP contribution is 2.77. The zero-order valence-corrected chi connectivity index (χ0v) is 22.2. The first-order valence-electron chi connectivity index (χ1n) is 13.9. The molecule has 5 aliphatic carbocycles. The van der Waals surface area contributed by atoms with E-state index in [-0.39, 0.29) is 28.3 Å². The van der Waals surface area contributed by atoms with Gasteiger partial charge in [-0.05, 0) is 117 Å². The molecule has 5 saturated carbocycles. The number of rotatable bonds is 3. The molecular weight excluding hydrogens is 422 g/mol. The quantitative estimate of drug-likeness (QED) is 0.210. The van der Waals surface area contributed by atoms with Crippen molar-refractivity contribution < 1.29 is 15.1 Å². The second-order valence-corrected chi connectivity index (χ2v) is 14.2. The first-order valence-corrected chi connectivity index (χ1v) is 13.9. The fourth-order valence-corrected chi connectivity index (χ4v) is 11.4. The van der Waals surface area contributed by atoms with Gasteiger partial charge in [-0.1, -0.05) is 45.0 Å². The summed E-state index contributed by atoms with van der Waals surface area (Å²) in [6, 6.07) is 0. The van der Waals surface area contributed by atoms with Crippen LogP contribution in [0.1, 0.15) is 98.8 Å². The summed E-state index contributed by atoms with van der Waals surface area (Å²) in [7, 11) is 0. The molecule has 0 aromatic rings. The molecular formula is C30H47NO3. The zero-order chi connectivity index (χ0) is 24.7. The van der Waals surface area contributed by atoms with Crippen molar-refractivity contribution in [1.82, 2.24) is 0 Å². The Hall–Kier alpha value is -1.16. The van der Waals surface area contributed by atoms with E-state index in [0.717, 1.165) is 57.1 Å². The number of carbonyl (C=O) groups excluding carboxylic acids is 1. The highest BCUT2D eigenvalue weighted by atomic mass is 16.4. The number of hydrogen-bond donors (Lipinski definition) is 2. The Morgan fingerprint density at radius 2 is 1.74 bits per heavy atom. The molecule has 0 radical (unpaired) electrons. The SMILES string of the molecule is C=C(C)[C@@H]1CC[C@]2(C=O)CC[C@]3(C)[C@H](CC[C@@H]4[C@@]5(C)CC/C(=N\O)[C@@](C)(CO)[C@@H]5CC[C@]43C)[C@@H]12. The zero-order valence-electron chi connectivity index (χ0n) is 22.2. The number of fused-ring (bicyclic) bond motifs is 7. The maximum atomic E-state index is 12.6. The maximum Gasteiger partial charge on any atom is 0.126 e. The summed E-state index contributed by atoms with van der Waals surface area (Å²) in [6.07, 6.45) is 12.2. The fourth-order valence-electron chi connectivity index (χ4n) is 11.4. The van der Waals surface area contributed by atoms with Gasteiger partial charge in [-0.25, -0.2) is 0 Å². The van der Waals surface area contributed by atoms with Crippen molar-refractivity contribution in [3.05, 3.63) is 12.2 Å². The highest BCUT2D eigenvalue weighted by molar-refractivity contribution is 5.91. The minimum absolute atomic E-state index is 0.0558. The summed E-state index contributed by atoms with van der Waals surface area (Å²) in [6.45, 7) is 16.4. The molecule has 4 heteroatoms. The molecule has 5 rings (SSSR count). The van der Waals surface area contributed by atoms with Crippen LogP contribution in [0.2, 0.25) is 0 Å². The third-order valence-electron chi connectivity index (χ3n) is 13.4. The molecule has 0 spiro atoms. The van der Waals surface area contributed by atoms with Crippen molar-refractivity contribution in [2.45, 2.75) is 98.8 Å². The standard InChI is InChI=1S/C30H47NO3/c1-19(2)20-9-14-30(18-33)16-15-28(5)21(25(20)30)7-8-23-26(3)12-11-24(31-34)27(4,17-32)22(26)10-13-29(23,28)6/h18,20-23,25,32,34H,1,7-17H2,2-6H3/b31-24+/t20-,21+,22+,23+,25+,26-,27-,28+,29+,30+/m0/s1. The molecule has 5 fully saturated rings. The lowest BCUT2D eigenvalue weighted by Crippen LogP contribution is -2.67. The van der Waals surface area contributed by atoms with Gasteiger partial charge in [0, 0.05) is 10.8 Å². The Bertz CT molecular complexity index is 913. The Kier molecular flexibility index (Phi) is 5.53. The van der Waals surface area contributed by atoms with E-state index < -0.39 is 5.41 Å². The molecule has 34 heavy (non-hydrogen) atoms. The van der Waals surface area contributed by atoms with E-state index in [1.165, 1.54) is 24.7 Å². The van der Waals surface area contributed by atoms with Gasteiger partial charge in [0.15, 0.2) is 0 Å². The molecule has 0 unspecified atom stereocenters. The summed E-state index contributed by atoms with van der Waals surface area (Å²) in [5, 5.41) is 24.0. The minimum Gasteiger partial charge on any atom is -0.411 e. The summed E-state index contributed by atoms with van der Waals surface area (Å²) in [5.74, 6) is 2.46. The Labute approximate surface area is 206 Å². The largest absolute Gasteiger partial charge is 0.411 e. The Morgan fingerprint density at radius 3 is 2.35 bits per heavy atom. The van der Waals surface area contributed by atoms with Gasteiger partial charge in [0.1, 0.15) is 6.29 Å². The number of allylic oxidation sites excluding steroid dienone is 1. The van der Waals surface area contributed by atoms with Crippen LogP contribution in [0.15, 0.2) is 17.3 Å². The van der Waals surface area contributed by atoms with Crippen LogP contribution in [0.25, 0.3) is 0 Å². The van der Waals surface area contributed by atoms with E-state index in [0.29, 0.717) is 29.6 Å². The highest BCUT2D eigenvalue weighted by Gasteiger charge is 2.71. The molecule has 0 saturated heterocycles. The number of nitrogens with zero attached hydrogens (tertiary/aromatic N) is 1. The number of oxime groups is 1. The van der Waals surface area contributed by atoms with Gasteiger partial charge >= 0.3 is 0 Å². The molecule has 2 N–H and O–H groups in total. The average molecular weight is 470 g/mol. The van der Waals surface area contributed by atoms with Crippen LogP contribution in [0.5, 0.6) is 0 Å². The third kappa shape index (κ3) is 2.75. The van der Waals surface area contributed by atoms with Gasteiger partial charge in [0.2, 0.25) is 0 Å². The van der Waals surface area contributed by atoms with Gasteiger partial charge in [-0.2, -0.15) is 0 Å². The van der Waals surface area contributed by atoms with Crippen molar-refractivity contribution >= 4 is 12.0 Å². The number of aliphatic hydroxyl groups is 1. The van der Waals surface area contributed by atoms with E-state index in [1.54, 1.807) is 0 Å². The van der Waals surface area contributed by atoms with E-state index in [1.807, 2.05) is 0 Å². The number of aldehydes is 1. The molecule has 0 aliphatic heterocycles. The first-order chi connectivity index (χ1) is 16.0. The lowest BCUT2D eigenvalue weighted by molar-refractivity contribution is -0.228. The third-order valence-corrected chi connectivity index (χ3v) is 13.4. The van der Waals surface area contributed by atoms with E-state index in [9.17, 15) is 15.1 Å². The molecule has 0 heterocycles. The van der Waals surface area contributed by atoms with Crippen molar-refractivity contribution in [3.8, 4) is 0 Å². The van der Waals surface area contributed by atoms with E-state index in [4.69, 9.17) is 0 Å². The van der Waals surface area contributed by atoms with Crippen molar-refractivity contribution in [3.63, 3.8) is 0 Å². The van der Waals surface area contributed by atoms with Crippen molar-refractivity contribution in [1.29, 1.82) is 0 Å². The van der Waals surface area contributed by atoms with Gasteiger partial charge in [0.05, 0.1) is 12.3 Å². The molecule has 10 atom stereocenters. The lowest BCUT2D eigenvalue weighted by atomic mass is 9.32. The molecule has 0 amide bonds. The van der Waals surface area contributed by atoms with Crippen LogP contribution in [0.4, 0.5) is 0 Å². The second-order valence-electron chi connectivity index (χ2n) is 14.2. The molecule has 0 bridgehead atoms. The Balaban J connectivity index is 1.56. The lowest BCUT2D eigenvalue weighted by Gasteiger charge is -2.72. The molecule has 0 aromatic heterocycles. The summed E-state index contributed by atoms with van der Waals surface area (Å²) in [5.41, 5.74) is 2.09. The fraction of sp³-hybridized carbons (Fsp3) is 0.867. The number of hydrogen-bond acceptors (Lipinski definition) is 4. The van der Waals surface area contributed by atoms with Gasteiger partial charge in [-0.3, -0.25) is 0 Å². The van der Waals surface area contributed by atoms with Gasteiger partial charge < -0.3 is 15.1 Å². The maximum absolute atomic E-state index is 12.6. The van der Waals surface area contributed by atoms with Crippen molar-refractivity contribution in [2.75, 3.05) is 6.61 Å². The van der Waals surface area contributed by atoms with Gasteiger partial charge in [-0.15, -0.1) is 0 Å². The van der Waals surface area contributed by atoms with Crippen LogP contribution < -0.4 is 0 Å². The van der Waals surface area contributed by atoms with Crippen LogP contribution in [-0.2, 0) is 4.79 Å². The smallest absolute Gasteiger partial charge is 0.126 e. The van der Waals surface area contributed by atoms with E-state index >= 15 is 0 Å². The topological polar surface area (TPSA) is 69.9 Å². The van der Waals surface area contributed by atoms with Crippen LogP contribution >= 0.6 is 0 Å². The Morgan fingerprint density at radius 1 is 1.00 bits per heavy atom. The normalized spacial score (nSPS) is 55.6. The summed E-state index contributed by atoms with van der Waals surface area (Å²) < 4.78 is 0. The van der Waals surface area contributed by atoms with E-state index in [2.05, 4.69) is 46.4 Å². The van der Waals surface area contributed by atoms with Crippen molar-refractivity contribution in [2.24, 2.45) is 61.8 Å². The minimum atomic E-state index is -0.434. The second kappa shape index (κ2) is 7.67. The summed E-state index contributed by atoms with van der Waals surface area (Å²) >= 11 is 0. The molecule has 4 nitrogen and oxygen atoms in total. The number of carbonyl (C=O) groups is 1. The first kappa shape index (κ1) is 24.5. The molecule has 0 aromatic carbocycles.